The van der Waals surface area contributed by atoms with Crippen molar-refractivity contribution in [3.8, 4) is 16.2 Å². The summed E-state index contributed by atoms with van der Waals surface area (Å²) in [5.74, 6) is -0.0136. The van der Waals surface area contributed by atoms with Gasteiger partial charge in [0.15, 0.2) is 0 Å². The van der Waals surface area contributed by atoms with Crippen LogP contribution in [0.5, 0.6) is 5.75 Å². The Balaban J connectivity index is 1.72. The Morgan fingerprint density at radius 2 is 1.96 bits per heavy atom. The molecule has 140 valence electrons. The van der Waals surface area contributed by atoms with Gasteiger partial charge >= 0.3 is 0 Å². The zero-order chi connectivity index (χ0) is 19.1. The molecule has 0 unspecified atom stereocenters. The summed E-state index contributed by atoms with van der Waals surface area (Å²) >= 11 is 1.39. The molecule has 0 aliphatic carbocycles. The van der Waals surface area contributed by atoms with Crippen molar-refractivity contribution in [1.29, 1.82) is 0 Å². The molecule has 0 radical (unpaired) electrons. The maximum atomic E-state index is 12.8. The van der Waals surface area contributed by atoms with Gasteiger partial charge in [0.1, 0.15) is 11.3 Å². The molecule has 0 spiro atoms. The number of hydrogen-bond acceptors (Lipinski definition) is 6. The van der Waals surface area contributed by atoms with Crippen molar-refractivity contribution in [3.05, 3.63) is 45.3 Å². The van der Waals surface area contributed by atoms with Gasteiger partial charge in [0.2, 0.25) is 0 Å². The first kappa shape index (κ1) is 17.7. The average molecular weight is 384 g/mol. The summed E-state index contributed by atoms with van der Waals surface area (Å²) in [6, 6.07) is 5.19. The van der Waals surface area contributed by atoms with E-state index in [0.717, 1.165) is 36.6 Å². The van der Waals surface area contributed by atoms with Crippen molar-refractivity contribution >= 4 is 28.1 Å². The summed E-state index contributed by atoms with van der Waals surface area (Å²) in [6.45, 7) is 5.12. The molecule has 1 aliphatic rings. The monoisotopic (exact) mass is 384 g/mol. The van der Waals surface area contributed by atoms with E-state index in [1.54, 1.807) is 12.1 Å². The molecule has 1 saturated heterocycles. The normalized spacial score (nSPS) is 15.4. The molecule has 3 heterocycles. The van der Waals surface area contributed by atoms with Crippen LogP contribution in [0.3, 0.4) is 0 Å². The molecular formula is C19H20N4O3S. The fraction of sp³-hybridized carbons (Fsp3) is 0.316. The minimum Gasteiger partial charge on any atom is -0.506 e. The average Bonchev–Trinajstić information content (AvgIpc) is 3.04. The second kappa shape index (κ2) is 6.79. The van der Waals surface area contributed by atoms with Gasteiger partial charge in [0.05, 0.1) is 16.6 Å². The number of piperazine rings is 1. The molecule has 0 bridgehead atoms. The van der Waals surface area contributed by atoms with Crippen LogP contribution in [0.4, 0.5) is 0 Å². The number of nitrogens with zero attached hydrogens (tertiary/aromatic N) is 3. The standard InChI is InChI=1S/C19H20N4O3S/c1-11-7-15(19(26)23-5-3-22(2)4-6-23)27-17(11)12-8-13-16(14(24)9-12)20-10-21-18(13)25/h7-10,24H,3-6H2,1-2H3,(H,20,21,25). The molecule has 0 atom stereocenters. The molecule has 3 aromatic rings. The Hall–Kier alpha value is -2.71. The number of H-pyrrole nitrogens is 1. The Morgan fingerprint density at radius 3 is 2.70 bits per heavy atom. The predicted molar refractivity (Wildman–Crippen MR) is 105 cm³/mol. The van der Waals surface area contributed by atoms with Crippen molar-refractivity contribution in [1.82, 2.24) is 19.8 Å². The van der Waals surface area contributed by atoms with Crippen LogP contribution < -0.4 is 5.56 Å². The van der Waals surface area contributed by atoms with E-state index >= 15 is 0 Å². The van der Waals surface area contributed by atoms with E-state index in [0.29, 0.717) is 15.8 Å². The lowest BCUT2D eigenvalue weighted by Crippen LogP contribution is -2.46. The fourth-order valence-corrected chi connectivity index (χ4v) is 4.46. The van der Waals surface area contributed by atoms with Crippen molar-refractivity contribution in [2.45, 2.75) is 6.92 Å². The van der Waals surface area contributed by atoms with Gasteiger partial charge in [-0.15, -0.1) is 11.3 Å². The summed E-state index contributed by atoms with van der Waals surface area (Å²) in [7, 11) is 2.05. The lowest BCUT2D eigenvalue weighted by atomic mass is 10.1. The number of fused-ring (bicyclic) bond motifs is 1. The zero-order valence-electron chi connectivity index (χ0n) is 15.2. The highest BCUT2D eigenvalue weighted by Crippen LogP contribution is 2.36. The number of aromatic amines is 1. The molecule has 1 aromatic carbocycles. The number of carbonyl (C=O) groups excluding carboxylic acids is 1. The molecular weight excluding hydrogens is 364 g/mol. The first-order chi connectivity index (χ1) is 12.9. The lowest BCUT2D eigenvalue weighted by molar-refractivity contribution is 0.0669. The van der Waals surface area contributed by atoms with Crippen molar-refractivity contribution < 1.29 is 9.90 Å². The zero-order valence-corrected chi connectivity index (χ0v) is 16.0. The van der Waals surface area contributed by atoms with Crippen LogP contribution in [-0.2, 0) is 0 Å². The van der Waals surface area contributed by atoms with Crippen LogP contribution in [0.15, 0.2) is 29.3 Å². The smallest absolute Gasteiger partial charge is 0.264 e. The first-order valence-electron chi connectivity index (χ1n) is 8.73. The summed E-state index contributed by atoms with van der Waals surface area (Å²) in [5.41, 5.74) is 1.61. The van der Waals surface area contributed by atoms with Crippen molar-refractivity contribution in [2.24, 2.45) is 0 Å². The van der Waals surface area contributed by atoms with E-state index in [9.17, 15) is 14.7 Å². The topological polar surface area (TPSA) is 89.5 Å². The van der Waals surface area contributed by atoms with E-state index in [2.05, 4.69) is 21.9 Å². The van der Waals surface area contributed by atoms with E-state index in [4.69, 9.17) is 0 Å². The van der Waals surface area contributed by atoms with Gasteiger partial charge in [-0.05, 0) is 43.3 Å². The number of aryl methyl sites for hydroxylation is 1. The maximum absolute atomic E-state index is 12.8. The highest BCUT2D eigenvalue weighted by atomic mass is 32.1. The van der Waals surface area contributed by atoms with E-state index in [-0.39, 0.29) is 22.7 Å². The second-order valence-corrected chi connectivity index (χ2v) is 7.89. The predicted octanol–water partition coefficient (Wildman–Crippen LogP) is 2.05. The minimum absolute atomic E-state index is 0.0342. The quantitative estimate of drug-likeness (QED) is 0.706. The Morgan fingerprint density at radius 1 is 1.22 bits per heavy atom. The maximum Gasteiger partial charge on any atom is 0.264 e. The van der Waals surface area contributed by atoms with E-state index < -0.39 is 0 Å². The van der Waals surface area contributed by atoms with Gasteiger partial charge in [-0.3, -0.25) is 9.59 Å². The van der Waals surface area contributed by atoms with Gasteiger partial charge < -0.3 is 19.9 Å². The van der Waals surface area contributed by atoms with Crippen LogP contribution in [0.1, 0.15) is 15.2 Å². The number of hydrogen-bond donors (Lipinski definition) is 2. The van der Waals surface area contributed by atoms with Crippen LogP contribution in [0.25, 0.3) is 21.3 Å². The van der Waals surface area contributed by atoms with Gasteiger partial charge in [0.25, 0.3) is 11.5 Å². The number of thiophene rings is 1. The molecule has 2 N–H and O–H groups in total. The molecule has 0 saturated carbocycles. The van der Waals surface area contributed by atoms with Crippen LogP contribution in [-0.4, -0.2) is 64.0 Å². The summed E-state index contributed by atoms with van der Waals surface area (Å²) in [6.07, 6.45) is 1.27. The number of likely N-dealkylation sites (N-methyl/N-ethyl adjacent to an activating group) is 1. The fourth-order valence-electron chi connectivity index (χ4n) is 3.33. The molecule has 8 heteroatoms. The molecule has 1 amide bonds. The highest BCUT2D eigenvalue weighted by Gasteiger charge is 2.23. The van der Waals surface area contributed by atoms with Gasteiger partial charge in [0, 0.05) is 31.1 Å². The van der Waals surface area contributed by atoms with Crippen molar-refractivity contribution in [3.63, 3.8) is 0 Å². The molecule has 4 rings (SSSR count). The number of aromatic nitrogens is 2. The summed E-state index contributed by atoms with van der Waals surface area (Å²) < 4.78 is 0. The SMILES string of the molecule is Cc1cc(C(=O)N2CCN(C)CC2)sc1-c1cc(O)c2nc[nH]c(=O)c2c1. The summed E-state index contributed by atoms with van der Waals surface area (Å²) in [4.78, 5) is 37.1. The highest BCUT2D eigenvalue weighted by molar-refractivity contribution is 7.17. The molecule has 27 heavy (non-hydrogen) atoms. The van der Waals surface area contributed by atoms with Crippen molar-refractivity contribution in [2.75, 3.05) is 33.2 Å². The third-order valence-corrected chi connectivity index (χ3v) is 6.18. The Labute approximate surface area is 159 Å². The molecule has 1 fully saturated rings. The molecule has 7 nitrogen and oxygen atoms in total. The lowest BCUT2D eigenvalue weighted by Gasteiger charge is -2.32. The molecule has 1 aliphatic heterocycles. The minimum atomic E-state index is -0.305. The second-order valence-electron chi connectivity index (χ2n) is 6.84. The first-order valence-corrected chi connectivity index (χ1v) is 9.54. The van der Waals surface area contributed by atoms with Gasteiger partial charge in [-0.2, -0.15) is 0 Å². The van der Waals surface area contributed by atoms with E-state index in [1.807, 2.05) is 17.9 Å². The Kier molecular flexibility index (Phi) is 4.45. The van der Waals surface area contributed by atoms with Crippen LogP contribution in [0.2, 0.25) is 0 Å². The number of rotatable bonds is 2. The summed E-state index contributed by atoms with van der Waals surface area (Å²) in [5, 5.41) is 10.6. The molecule has 2 aromatic heterocycles. The van der Waals surface area contributed by atoms with Gasteiger partial charge in [-0.25, -0.2) is 4.98 Å². The number of benzene rings is 1. The number of carbonyl (C=O) groups is 1. The largest absolute Gasteiger partial charge is 0.506 e. The third-order valence-electron chi connectivity index (χ3n) is 4.90. The van der Waals surface area contributed by atoms with Gasteiger partial charge in [-0.1, -0.05) is 0 Å². The van der Waals surface area contributed by atoms with Crippen LogP contribution in [0, 0.1) is 6.92 Å². The Bertz CT molecular complexity index is 1080. The number of aromatic hydroxyl groups is 1. The number of phenols is 1. The third kappa shape index (κ3) is 3.22. The van der Waals surface area contributed by atoms with Crippen LogP contribution >= 0.6 is 11.3 Å². The van der Waals surface area contributed by atoms with E-state index in [1.165, 1.54) is 17.7 Å². The number of phenolic OH excluding ortho intramolecular Hbond substituents is 1. The number of amides is 1. The number of nitrogens with one attached hydrogen (secondary N) is 1.